The summed E-state index contributed by atoms with van der Waals surface area (Å²) >= 11 is 0. The molecule has 13 heteroatoms. The second-order valence-electron chi connectivity index (χ2n) is 7.22. The van der Waals surface area contributed by atoms with E-state index in [0.717, 1.165) is 17.1 Å². The molecule has 3 heterocycles. The Morgan fingerprint density at radius 2 is 1.94 bits per heavy atom. The Hall–Kier alpha value is -3.19. The molecule has 1 N–H and O–H groups in total. The molecule has 4 rings (SSSR count). The number of nitrogens with zero attached hydrogens (tertiary/aromatic N) is 5. The van der Waals surface area contributed by atoms with Crippen LogP contribution in [0.1, 0.15) is 22.7 Å². The summed E-state index contributed by atoms with van der Waals surface area (Å²) in [4.78, 5) is 13.9. The first-order valence-electron chi connectivity index (χ1n) is 9.48. The van der Waals surface area contributed by atoms with Gasteiger partial charge in [0.15, 0.2) is 0 Å². The van der Waals surface area contributed by atoms with Gasteiger partial charge in [-0.3, -0.25) is 9.48 Å². The number of aromatic nitrogens is 4. The van der Waals surface area contributed by atoms with Crippen molar-refractivity contribution in [1.29, 1.82) is 0 Å². The number of aliphatic hydroxyl groups excluding tert-OH is 1. The van der Waals surface area contributed by atoms with Crippen LogP contribution in [0.25, 0.3) is 0 Å². The Kier molecular flexibility index (Phi) is 5.77. The number of amides is 1. The monoisotopic (exact) mass is 469 g/mol. The number of benzene rings is 1. The number of carbonyl (C=O) groups excluding carboxylic acids is 1. The van der Waals surface area contributed by atoms with Crippen LogP contribution in [-0.4, -0.2) is 56.3 Å². The van der Waals surface area contributed by atoms with E-state index in [9.17, 15) is 31.5 Å². The zero-order valence-corrected chi connectivity index (χ0v) is 17.3. The van der Waals surface area contributed by atoms with E-state index in [1.54, 1.807) is 6.07 Å². The van der Waals surface area contributed by atoms with Crippen LogP contribution in [0.15, 0.2) is 47.8 Å². The maximum Gasteiger partial charge on any atom is 0.286 e. The molecule has 0 bridgehead atoms. The highest BCUT2D eigenvalue weighted by molar-refractivity contribution is 7.89. The zero-order chi connectivity index (χ0) is 23.0. The molecule has 0 fully saturated rings. The number of carbonyl (C=O) groups is 1. The fourth-order valence-electron chi connectivity index (χ4n) is 3.52. The Morgan fingerprint density at radius 1 is 1.19 bits per heavy atom. The molecule has 2 aromatic heterocycles. The standard InChI is InChI=1S/C19H18F3N5O4S/c20-16-4-2-1-3-14(16)15(11-28)19(29)25-6-12-7-27(24-17(12)9-25)32(30,31)13-5-23-26(8-13)10-18(21)22/h1-5,7-8,15,18,28H,6,9-11H2/t15-/m1/s1. The van der Waals surface area contributed by atoms with E-state index in [0.29, 0.717) is 15.3 Å². The molecule has 1 amide bonds. The topological polar surface area (TPSA) is 110 Å². The Bertz CT molecular complexity index is 1230. The number of rotatable bonds is 7. The van der Waals surface area contributed by atoms with Crippen molar-refractivity contribution in [3.63, 3.8) is 0 Å². The SMILES string of the molecule is O=C([C@H](CO)c1ccccc1F)N1Cc2cn(S(=O)(=O)c3cnn(CC(F)F)c3)nc2C1. The molecule has 0 radical (unpaired) electrons. The van der Waals surface area contributed by atoms with Gasteiger partial charge in [-0.05, 0) is 6.07 Å². The maximum absolute atomic E-state index is 14.1. The first-order valence-corrected chi connectivity index (χ1v) is 10.9. The Labute approximate surface area is 180 Å². The van der Waals surface area contributed by atoms with Crippen LogP contribution in [0.4, 0.5) is 13.2 Å². The molecular weight excluding hydrogens is 451 g/mol. The lowest BCUT2D eigenvalue weighted by Gasteiger charge is -2.22. The van der Waals surface area contributed by atoms with Crippen molar-refractivity contribution in [3.05, 3.63) is 65.5 Å². The second-order valence-corrected chi connectivity index (χ2v) is 9.01. The highest BCUT2D eigenvalue weighted by atomic mass is 32.2. The van der Waals surface area contributed by atoms with Gasteiger partial charge in [0.2, 0.25) is 5.91 Å². The summed E-state index contributed by atoms with van der Waals surface area (Å²) in [5.74, 6) is -2.23. The molecule has 9 nitrogen and oxygen atoms in total. The third-order valence-electron chi connectivity index (χ3n) is 5.11. The fraction of sp³-hybridized carbons (Fsp3) is 0.316. The quantitative estimate of drug-likeness (QED) is 0.559. The summed E-state index contributed by atoms with van der Waals surface area (Å²) in [5.41, 5.74) is 0.859. The van der Waals surface area contributed by atoms with Crippen molar-refractivity contribution in [1.82, 2.24) is 23.9 Å². The van der Waals surface area contributed by atoms with Gasteiger partial charge in [0, 0.05) is 30.1 Å². The summed E-state index contributed by atoms with van der Waals surface area (Å²) in [6, 6.07) is 5.66. The van der Waals surface area contributed by atoms with E-state index < -0.39 is 47.2 Å². The highest BCUT2D eigenvalue weighted by Gasteiger charge is 2.34. The van der Waals surface area contributed by atoms with Crippen LogP contribution in [0.3, 0.4) is 0 Å². The van der Waals surface area contributed by atoms with Crippen molar-refractivity contribution in [2.24, 2.45) is 0 Å². The maximum atomic E-state index is 14.1. The van der Waals surface area contributed by atoms with Gasteiger partial charge in [0.1, 0.15) is 17.3 Å². The number of hydrogen-bond donors (Lipinski definition) is 1. The number of hydrogen-bond acceptors (Lipinski definition) is 6. The predicted molar refractivity (Wildman–Crippen MR) is 104 cm³/mol. The number of fused-ring (bicyclic) bond motifs is 1. The molecule has 1 atom stereocenters. The van der Waals surface area contributed by atoms with Gasteiger partial charge in [0.05, 0.1) is 31.0 Å². The lowest BCUT2D eigenvalue weighted by Crippen LogP contribution is -2.33. The summed E-state index contributed by atoms with van der Waals surface area (Å²) in [6.45, 7) is -1.33. The number of halogens is 3. The summed E-state index contributed by atoms with van der Waals surface area (Å²) in [5, 5.41) is 17.3. The second kappa shape index (κ2) is 8.39. The zero-order valence-electron chi connectivity index (χ0n) is 16.5. The van der Waals surface area contributed by atoms with E-state index in [1.807, 2.05) is 0 Å². The molecule has 32 heavy (non-hydrogen) atoms. The van der Waals surface area contributed by atoms with Crippen molar-refractivity contribution >= 4 is 15.9 Å². The largest absolute Gasteiger partial charge is 0.395 e. The van der Waals surface area contributed by atoms with E-state index in [-0.39, 0.29) is 23.5 Å². The molecule has 0 saturated heterocycles. The number of alkyl halides is 2. The van der Waals surface area contributed by atoms with Crippen molar-refractivity contribution in [3.8, 4) is 0 Å². The molecule has 0 unspecified atom stereocenters. The lowest BCUT2D eigenvalue weighted by atomic mass is 9.98. The lowest BCUT2D eigenvalue weighted by molar-refractivity contribution is -0.134. The average molecular weight is 469 g/mol. The van der Waals surface area contributed by atoms with Crippen LogP contribution in [-0.2, 0) is 34.5 Å². The third kappa shape index (κ3) is 4.00. The first kappa shape index (κ1) is 22.0. The summed E-state index contributed by atoms with van der Waals surface area (Å²) in [6.07, 6.45) is 0.499. The van der Waals surface area contributed by atoms with Gasteiger partial charge < -0.3 is 10.0 Å². The van der Waals surface area contributed by atoms with E-state index in [2.05, 4.69) is 10.2 Å². The smallest absolute Gasteiger partial charge is 0.286 e. The molecule has 170 valence electrons. The molecule has 0 saturated carbocycles. The van der Waals surface area contributed by atoms with Crippen molar-refractivity contribution < 1.29 is 31.5 Å². The van der Waals surface area contributed by atoms with Gasteiger partial charge in [-0.15, -0.1) is 0 Å². The molecule has 3 aromatic rings. The van der Waals surface area contributed by atoms with Crippen LogP contribution in [0.2, 0.25) is 0 Å². The molecule has 0 spiro atoms. The minimum absolute atomic E-state index is 0.0215. The van der Waals surface area contributed by atoms with Crippen molar-refractivity contribution in [2.75, 3.05) is 6.61 Å². The fourth-order valence-corrected chi connectivity index (χ4v) is 4.64. The minimum atomic E-state index is -4.15. The predicted octanol–water partition coefficient (Wildman–Crippen LogP) is 1.34. The van der Waals surface area contributed by atoms with Crippen LogP contribution >= 0.6 is 0 Å². The molecular formula is C19H18F3N5O4S. The minimum Gasteiger partial charge on any atom is -0.395 e. The van der Waals surface area contributed by atoms with Crippen molar-refractivity contribution in [2.45, 2.75) is 36.9 Å². The van der Waals surface area contributed by atoms with Gasteiger partial charge in [-0.25, -0.2) is 13.2 Å². The van der Waals surface area contributed by atoms with Crippen LogP contribution in [0, 0.1) is 5.82 Å². The third-order valence-corrected chi connectivity index (χ3v) is 6.60. The van der Waals surface area contributed by atoms with Gasteiger partial charge in [-0.1, -0.05) is 18.2 Å². The van der Waals surface area contributed by atoms with Gasteiger partial charge >= 0.3 is 0 Å². The van der Waals surface area contributed by atoms with Gasteiger partial charge in [-0.2, -0.15) is 22.7 Å². The van der Waals surface area contributed by atoms with Crippen LogP contribution in [0.5, 0.6) is 0 Å². The van der Waals surface area contributed by atoms with E-state index >= 15 is 0 Å². The van der Waals surface area contributed by atoms with E-state index in [4.69, 9.17) is 0 Å². The molecule has 0 aliphatic carbocycles. The molecule has 1 aliphatic heterocycles. The van der Waals surface area contributed by atoms with E-state index in [1.165, 1.54) is 29.3 Å². The molecule has 1 aromatic carbocycles. The highest BCUT2D eigenvalue weighted by Crippen LogP contribution is 2.28. The Balaban J connectivity index is 1.52. The van der Waals surface area contributed by atoms with Crippen LogP contribution < -0.4 is 0 Å². The Morgan fingerprint density at radius 3 is 2.59 bits per heavy atom. The molecule has 1 aliphatic rings. The first-order chi connectivity index (χ1) is 15.2. The summed E-state index contributed by atoms with van der Waals surface area (Å²) < 4.78 is 66.0. The normalized spacial score (nSPS) is 14.7. The van der Waals surface area contributed by atoms with Gasteiger partial charge in [0.25, 0.3) is 16.4 Å². The average Bonchev–Trinajstić information content (AvgIpc) is 3.44. The summed E-state index contributed by atoms with van der Waals surface area (Å²) in [7, 11) is -4.15. The number of aliphatic hydroxyl groups is 1.